The standard InChI is InChI=1S/C12H17ClN2/c1-14-12(15-8-2-3-9-15)10-4-6-11(13)7-5-10/h4-7,12,14H,2-3,8-9H2,1H3/t12-/m0/s1. The molecule has 1 heterocycles. The van der Waals surface area contributed by atoms with Gasteiger partial charge in [-0.1, -0.05) is 23.7 Å². The molecule has 0 spiro atoms. The fraction of sp³-hybridized carbons (Fsp3) is 0.500. The van der Waals surface area contributed by atoms with Crippen LogP contribution in [0.5, 0.6) is 0 Å². The molecule has 2 rings (SSSR count). The first-order valence-electron chi connectivity index (χ1n) is 5.48. The maximum Gasteiger partial charge on any atom is 0.0858 e. The Hall–Kier alpha value is -0.570. The third-order valence-corrected chi connectivity index (χ3v) is 3.22. The molecule has 1 saturated heterocycles. The molecule has 0 aliphatic carbocycles. The second kappa shape index (κ2) is 4.97. The maximum absolute atomic E-state index is 5.89. The molecular formula is C12H17ClN2. The van der Waals surface area contributed by atoms with Gasteiger partial charge >= 0.3 is 0 Å². The molecule has 15 heavy (non-hydrogen) atoms. The maximum atomic E-state index is 5.89. The van der Waals surface area contributed by atoms with E-state index >= 15 is 0 Å². The summed E-state index contributed by atoms with van der Waals surface area (Å²) in [5.74, 6) is 0. The van der Waals surface area contributed by atoms with Gasteiger partial charge in [-0.25, -0.2) is 0 Å². The molecular weight excluding hydrogens is 208 g/mol. The summed E-state index contributed by atoms with van der Waals surface area (Å²) in [5.41, 5.74) is 1.30. The van der Waals surface area contributed by atoms with Gasteiger partial charge in [-0.3, -0.25) is 4.90 Å². The minimum atomic E-state index is 0.338. The minimum absolute atomic E-state index is 0.338. The lowest BCUT2D eigenvalue weighted by Crippen LogP contribution is -2.34. The Morgan fingerprint density at radius 2 is 1.80 bits per heavy atom. The molecule has 0 amide bonds. The van der Waals surface area contributed by atoms with Crippen LogP contribution in [0.15, 0.2) is 24.3 Å². The predicted octanol–water partition coefficient (Wildman–Crippen LogP) is 2.65. The van der Waals surface area contributed by atoms with Crippen molar-refractivity contribution in [2.24, 2.45) is 0 Å². The van der Waals surface area contributed by atoms with Gasteiger partial charge in [0.25, 0.3) is 0 Å². The lowest BCUT2D eigenvalue weighted by atomic mass is 10.1. The Balaban J connectivity index is 2.14. The second-order valence-electron chi connectivity index (χ2n) is 3.99. The van der Waals surface area contributed by atoms with Crippen molar-refractivity contribution in [3.63, 3.8) is 0 Å². The van der Waals surface area contributed by atoms with Crippen LogP contribution >= 0.6 is 11.6 Å². The zero-order valence-electron chi connectivity index (χ0n) is 9.04. The highest BCUT2D eigenvalue weighted by molar-refractivity contribution is 6.30. The molecule has 0 unspecified atom stereocenters. The third-order valence-electron chi connectivity index (χ3n) is 2.96. The van der Waals surface area contributed by atoms with E-state index in [1.165, 1.54) is 31.5 Å². The summed E-state index contributed by atoms with van der Waals surface area (Å²) < 4.78 is 0. The van der Waals surface area contributed by atoms with E-state index in [1.807, 2.05) is 19.2 Å². The van der Waals surface area contributed by atoms with E-state index in [0.29, 0.717) is 6.17 Å². The van der Waals surface area contributed by atoms with Crippen molar-refractivity contribution in [3.8, 4) is 0 Å². The average molecular weight is 225 g/mol. The number of nitrogens with zero attached hydrogens (tertiary/aromatic N) is 1. The van der Waals surface area contributed by atoms with Gasteiger partial charge in [0.1, 0.15) is 0 Å². The van der Waals surface area contributed by atoms with E-state index in [4.69, 9.17) is 11.6 Å². The van der Waals surface area contributed by atoms with Crippen LogP contribution < -0.4 is 5.32 Å². The van der Waals surface area contributed by atoms with Crippen LogP contribution in [-0.4, -0.2) is 25.0 Å². The second-order valence-corrected chi connectivity index (χ2v) is 4.42. The first-order valence-corrected chi connectivity index (χ1v) is 5.86. The Kier molecular flexibility index (Phi) is 3.62. The number of nitrogens with one attached hydrogen (secondary N) is 1. The molecule has 1 N–H and O–H groups in total. The minimum Gasteiger partial charge on any atom is -0.301 e. The summed E-state index contributed by atoms with van der Waals surface area (Å²) >= 11 is 5.89. The monoisotopic (exact) mass is 224 g/mol. The molecule has 1 aromatic rings. The van der Waals surface area contributed by atoms with Crippen LogP contribution in [0.25, 0.3) is 0 Å². The molecule has 2 nitrogen and oxygen atoms in total. The van der Waals surface area contributed by atoms with E-state index < -0.39 is 0 Å². The SMILES string of the molecule is CN[C@H](c1ccc(Cl)cc1)N1CCCC1. The van der Waals surface area contributed by atoms with Gasteiger partial charge in [-0.2, -0.15) is 0 Å². The molecule has 1 aliphatic heterocycles. The van der Waals surface area contributed by atoms with E-state index in [2.05, 4.69) is 22.3 Å². The van der Waals surface area contributed by atoms with Gasteiger partial charge in [-0.05, 0) is 50.7 Å². The van der Waals surface area contributed by atoms with Crippen LogP contribution in [0.2, 0.25) is 5.02 Å². The molecule has 1 atom stereocenters. The van der Waals surface area contributed by atoms with Crippen molar-refractivity contribution in [1.82, 2.24) is 10.2 Å². The number of hydrogen-bond donors (Lipinski definition) is 1. The van der Waals surface area contributed by atoms with Crippen LogP contribution in [0.1, 0.15) is 24.6 Å². The zero-order valence-corrected chi connectivity index (χ0v) is 9.80. The Bertz CT molecular complexity index is 304. The number of likely N-dealkylation sites (tertiary alicyclic amines) is 1. The van der Waals surface area contributed by atoms with E-state index in [-0.39, 0.29) is 0 Å². The van der Waals surface area contributed by atoms with Crippen molar-refractivity contribution in [2.75, 3.05) is 20.1 Å². The van der Waals surface area contributed by atoms with Crippen molar-refractivity contribution >= 4 is 11.6 Å². The normalized spacial score (nSPS) is 19.3. The van der Waals surface area contributed by atoms with Gasteiger partial charge in [0, 0.05) is 5.02 Å². The third kappa shape index (κ3) is 2.51. The Morgan fingerprint density at radius 3 is 2.33 bits per heavy atom. The summed E-state index contributed by atoms with van der Waals surface area (Å²) in [6.07, 6.45) is 2.96. The molecule has 3 heteroatoms. The largest absolute Gasteiger partial charge is 0.301 e. The van der Waals surface area contributed by atoms with Gasteiger partial charge in [0.2, 0.25) is 0 Å². The smallest absolute Gasteiger partial charge is 0.0858 e. The molecule has 82 valence electrons. The molecule has 0 bridgehead atoms. The van der Waals surface area contributed by atoms with Gasteiger partial charge < -0.3 is 5.32 Å². The zero-order chi connectivity index (χ0) is 10.7. The van der Waals surface area contributed by atoms with Crippen LogP contribution in [-0.2, 0) is 0 Å². The van der Waals surface area contributed by atoms with E-state index in [1.54, 1.807) is 0 Å². The summed E-state index contributed by atoms with van der Waals surface area (Å²) in [5, 5.41) is 4.16. The number of rotatable bonds is 3. The highest BCUT2D eigenvalue weighted by Gasteiger charge is 2.21. The number of hydrogen-bond acceptors (Lipinski definition) is 2. The summed E-state index contributed by atoms with van der Waals surface area (Å²) in [6.45, 7) is 2.38. The Labute approximate surface area is 96.2 Å². The van der Waals surface area contributed by atoms with E-state index in [9.17, 15) is 0 Å². The fourth-order valence-corrected chi connectivity index (χ4v) is 2.33. The van der Waals surface area contributed by atoms with Crippen LogP contribution in [0.3, 0.4) is 0 Å². The molecule has 1 aliphatic rings. The number of halogens is 1. The molecule has 1 fully saturated rings. The van der Waals surface area contributed by atoms with Crippen LogP contribution in [0.4, 0.5) is 0 Å². The lowest BCUT2D eigenvalue weighted by molar-refractivity contribution is 0.217. The fourth-order valence-electron chi connectivity index (χ4n) is 2.20. The quantitative estimate of drug-likeness (QED) is 0.849. The van der Waals surface area contributed by atoms with E-state index in [0.717, 1.165) is 5.02 Å². The first-order chi connectivity index (χ1) is 7.31. The topological polar surface area (TPSA) is 15.3 Å². The molecule has 1 aromatic carbocycles. The van der Waals surface area contributed by atoms with Crippen molar-refractivity contribution < 1.29 is 0 Å². The predicted molar refractivity (Wildman–Crippen MR) is 64.1 cm³/mol. The first kappa shape index (κ1) is 10.9. The molecule has 0 saturated carbocycles. The molecule has 0 radical (unpaired) electrons. The Morgan fingerprint density at radius 1 is 1.20 bits per heavy atom. The van der Waals surface area contributed by atoms with Crippen molar-refractivity contribution in [1.29, 1.82) is 0 Å². The highest BCUT2D eigenvalue weighted by Crippen LogP contribution is 2.23. The summed E-state index contributed by atoms with van der Waals surface area (Å²) in [6, 6.07) is 8.11. The van der Waals surface area contributed by atoms with Gasteiger partial charge in [0.05, 0.1) is 6.17 Å². The summed E-state index contributed by atoms with van der Waals surface area (Å²) in [4.78, 5) is 2.48. The lowest BCUT2D eigenvalue weighted by Gasteiger charge is -2.27. The summed E-state index contributed by atoms with van der Waals surface area (Å²) in [7, 11) is 2.01. The average Bonchev–Trinajstić information content (AvgIpc) is 2.75. The molecule has 0 aromatic heterocycles. The highest BCUT2D eigenvalue weighted by atomic mass is 35.5. The van der Waals surface area contributed by atoms with Gasteiger partial charge in [0.15, 0.2) is 0 Å². The van der Waals surface area contributed by atoms with Gasteiger partial charge in [-0.15, -0.1) is 0 Å². The van der Waals surface area contributed by atoms with Crippen molar-refractivity contribution in [2.45, 2.75) is 19.0 Å². The van der Waals surface area contributed by atoms with Crippen molar-refractivity contribution in [3.05, 3.63) is 34.9 Å². The van der Waals surface area contributed by atoms with Crippen LogP contribution in [0, 0.1) is 0 Å². The number of benzene rings is 1.